The Morgan fingerprint density at radius 2 is 2.33 bits per heavy atom. The lowest BCUT2D eigenvalue weighted by molar-refractivity contribution is -0.384. The van der Waals surface area contributed by atoms with Crippen LogP contribution in [0.4, 0.5) is 17.5 Å². The molecule has 10 nitrogen and oxygen atoms in total. The number of nitrogens with one attached hydrogen (secondary N) is 1. The van der Waals surface area contributed by atoms with E-state index in [9.17, 15) is 10.1 Å². The Bertz CT molecular complexity index is 644. The molecule has 0 radical (unpaired) electrons. The van der Waals surface area contributed by atoms with E-state index in [1.165, 1.54) is 6.33 Å². The third kappa shape index (κ3) is 2.59. The van der Waals surface area contributed by atoms with E-state index < -0.39 is 4.92 Å². The van der Waals surface area contributed by atoms with Gasteiger partial charge in [-0.2, -0.15) is 10.1 Å². The molecule has 3 rings (SSSR count). The van der Waals surface area contributed by atoms with Gasteiger partial charge in [0.05, 0.1) is 4.92 Å². The van der Waals surface area contributed by atoms with Crippen molar-refractivity contribution in [2.75, 3.05) is 23.7 Å². The van der Waals surface area contributed by atoms with Crippen LogP contribution in [0.1, 0.15) is 24.6 Å². The summed E-state index contributed by atoms with van der Waals surface area (Å²) in [6, 6.07) is 0. The van der Waals surface area contributed by atoms with Crippen LogP contribution >= 0.6 is 0 Å². The van der Waals surface area contributed by atoms with Gasteiger partial charge >= 0.3 is 5.69 Å². The summed E-state index contributed by atoms with van der Waals surface area (Å²) in [6.45, 7) is 1.45. The molecular formula is C11H14N8O2. The lowest BCUT2D eigenvalue weighted by Gasteiger charge is -2.31. The zero-order chi connectivity index (χ0) is 14.8. The number of nitrogens with zero attached hydrogens (tertiary/aromatic N) is 6. The van der Waals surface area contributed by atoms with Crippen molar-refractivity contribution >= 4 is 17.5 Å². The van der Waals surface area contributed by atoms with Crippen molar-refractivity contribution in [3.8, 4) is 0 Å². The van der Waals surface area contributed by atoms with E-state index in [0.29, 0.717) is 12.5 Å². The number of H-pyrrole nitrogens is 1. The first-order chi connectivity index (χ1) is 10.1. The first-order valence-electron chi connectivity index (χ1n) is 6.52. The number of nitrogens with two attached hydrogens (primary N) is 1. The summed E-state index contributed by atoms with van der Waals surface area (Å²) >= 11 is 0. The van der Waals surface area contributed by atoms with Crippen molar-refractivity contribution in [2.24, 2.45) is 0 Å². The normalized spacial score (nSPS) is 18.7. The van der Waals surface area contributed by atoms with Crippen LogP contribution in [0, 0.1) is 10.1 Å². The largest absolute Gasteiger partial charge is 0.378 e. The number of rotatable bonds is 3. The fourth-order valence-electron chi connectivity index (χ4n) is 2.47. The molecule has 0 saturated carbocycles. The number of nitro groups is 1. The standard InChI is InChI=1S/C11H14N8O2/c12-9-8(19(20)21)4-13-11(16-9)18-3-1-2-7(5-18)10-14-6-15-17-10/h4,6-7H,1-3,5H2,(H2,12,13,16)(H,14,15,17)/t7-/m0/s1. The Balaban J connectivity index is 1.80. The number of anilines is 2. The van der Waals surface area contributed by atoms with Gasteiger partial charge in [0.15, 0.2) is 0 Å². The maximum absolute atomic E-state index is 10.7. The number of hydrogen-bond donors (Lipinski definition) is 2. The van der Waals surface area contributed by atoms with Crippen LogP contribution in [0.2, 0.25) is 0 Å². The highest BCUT2D eigenvalue weighted by molar-refractivity contribution is 5.53. The van der Waals surface area contributed by atoms with Gasteiger partial charge in [0.2, 0.25) is 11.8 Å². The maximum Gasteiger partial charge on any atom is 0.329 e. The van der Waals surface area contributed by atoms with Crippen LogP contribution in [0.15, 0.2) is 12.5 Å². The van der Waals surface area contributed by atoms with Crippen molar-refractivity contribution in [3.05, 3.63) is 28.5 Å². The first-order valence-corrected chi connectivity index (χ1v) is 6.52. The Morgan fingerprint density at radius 1 is 1.48 bits per heavy atom. The van der Waals surface area contributed by atoms with Crippen molar-refractivity contribution in [1.82, 2.24) is 25.1 Å². The van der Waals surface area contributed by atoms with Gasteiger partial charge in [-0.05, 0) is 12.8 Å². The minimum Gasteiger partial charge on any atom is -0.378 e. The highest BCUT2D eigenvalue weighted by atomic mass is 16.6. The van der Waals surface area contributed by atoms with Crippen LogP contribution in [-0.2, 0) is 0 Å². The Kier molecular flexibility index (Phi) is 3.34. The monoisotopic (exact) mass is 290 g/mol. The summed E-state index contributed by atoms with van der Waals surface area (Å²) in [7, 11) is 0. The summed E-state index contributed by atoms with van der Waals surface area (Å²) < 4.78 is 0. The minimum atomic E-state index is -0.591. The molecule has 110 valence electrons. The maximum atomic E-state index is 10.7. The van der Waals surface area contributed by atoms with Crippen molar-refractivity contribution in [1.29, 1.82) is 0 Å². The lowest BCUT2D eigenvalue weighted by atomic mass is 9.98. The molecule has 2 aromatic rings. The summed E-state index contributed by atoms with van der Waals surface area (Å²) in [5, 5.41) is 17.5. The molecule has 0 bridgehead atoms. The van der Waals surface area contributed by atoms with Crippen LogP contribution < -0.4 is 10.6 Å². The molecule has 10 heteroatoms. The van der Waals surface area contributed by atoms with Crippen molar-refractivity contribution < 1.29 is 4.92 Å². The van der Waals surface area contributed by atoms with Gasteiger partial charge in [0.1, 0.15) is 18.3 Å². The van der Waals surface area contributed by atoms with E-state index in [1.807, 2.05) is 4.90 Å². The molecule has 1 fully saturated rings. The van der Waals surface area contributed by atoms with Crippen LogP contribution in [0.3, 0.4) is 0 Å². The van der Waals surface area contributed by atoms with E-state index in [0.717, 1.165) is 31.4 Å². The molecule has 0 aliphatic carbocycles. The average molecular weight is 290 g/mol. The van der Waals surface area contributed by atoms with Crippen molar-refractivity contribution in [3.63, 3.8) is 0 Å². The van der Waals surface area contributed by atoms with E-state index in [4.69, 9.17) is 5.73 Å². The summed E-state index contributed by atoms with van der Waals surface area (Å²) in [6.07, 6.45) is 4.57. The molecule has 1 aliphatic rings. The zero-order valence-corrected chi connectivity index (χ0v) is 11.1. The van der Waals surface area contributed by atoms with Gasteiger partial charge in [0.25, 0.3) is 0 Å². The number of nitrogen functional groups attached to an aromatic ring is 1. The molecular weight excluding hydrogens is 276 g/mol. The molecule has 0 spiro atoms. The van der Waals surface area contributed by atoms with E-state index in [2.05, 4.69) is 25.1 Å². The topological polar surface area (TPSA) is 140 Å². The van der Waals surface area contributed by atoms with Gasteiger partial charge in [-0.3, -0.25) is 15.2 Å². The molecule has 3 heterocycles. The molecule has 1 aliphatic heterocycles. The third-order valence-electron chi connectivity index (χ3n) is 3.51. The molecule has 0 amide bonds. The quantitative estimate of drug-likeness (QED) is 0.614. The predicted octanol–water partition coefficient (Wildman–Crippen LogP) is 0.469. The molecule has 0 unspecified atom stereocenters. The third-order valence-corrected chi connectivity index (χ3v) is 3.51. The van der Waals surface area contributed by atoms with Gasteiger partial charge in [-0.25, -0.2) is 9.97 Å². The number of aromatic nitrogens is 5. The molecule has 1 saturated heterocycles. The minimum absolute atomic E-state index is 0.119. The predicted molar refractivity (Wildman–Crippen MR) is 73.7 cm³/mol. The van der Waals surface area contributed by atoms with Gasteiger partial charge in [-0.1, -0.05) is 0 Å². The van der Waals surface area contributed by atoms with E-state index in [1.54, 1.807) is 0 Å². The Hall–Kier alpha value is -2.78. The van der Waals surface area contributed by atoms with Gasteiger partial charge < -0.3 is 10.6 Å². The number of hydrogen-bond acceptors (Lipinski definition) is 8. The average Bonchev–Trinajstić information content (AvgIpc) is 3.01. The van der Waals surface area contributed by atoms with Gasteiger partial charge in [-0.15, -0.1) is 0 Å². The first kappa shape index (κ1) is 13.2. The highest BCUT2D eigenvalue weighted by Gasteiger charge is 2.26. The van der Waals surface area contributed by atoms with Crippen LogP contribution in [0.5, 0.6) is 0 Å². The van der Waals surface area contributed by atoms with Crippen LogP contribution in [0.25, 0.3) is 0 Å². The second kappa shape index (κ2) is 5.31. The summed E-state index contributed by atoms with van der Waals surface area (Å²) in [4.78, 5) is 24.4. The van der Waals surface area contributed by atoms with Gasteiger partial charge in [0, 0.05) is 19.0 Å². The lowest BCUT2D eigenvalue weighted by Crippen LogP contribution is -2.36. The fraction of sp³-hybridized carbons (Fsp3) is 0.455. The summed E-state index contributed by atoms with van der Waals surface area (Å²) in [5.41, 5.74) is 5.33. The summed E-state index contributed by atoms with van der Waals surface area (Å²) in [5.74, 6) is 1.32. The number of piperidine rings is 1. The molecule has 0 aromatic carbocycles. The van der Waals surface area contributed by atoms with E-state index in [-0.39, 0.29) is 17.4 Å². The molecule has 3 N–H and O–H groups in total. The number of aromatic amines is 1. The second-order valence-electron chi connectivity index (χ2n) is 4.85. The smallest absolute Gasteiger partial charge is 0.329 e. The Labute approximate surface area is 119 Å². The van der Waals surface area contributed by atoms with E-state index >= 15 is 0 Å². The zero-order valence-electron chi connectivity index (χ0n) is 11.1. The van der Waals surface area contributed by atoms with Crippen molar-refractivity contribution in [2.45, 2.75) is 18.8 Å². The SMILES string of the molecule is Nc1nc(N2CCC[C@H](c3ncn[nH]3)C2)ncc1[N+](=O)[O-]. The Morgan fingerprint density at radius 3 is 3.00 bits per heavy atom. The fourth-order valence-corrected chi connectivity index (χ4v) is 2.47. The highest BCUT2D eigenvalue weighted by Crippen LogP contribution is 2.27. The molecule has 1 atom stereocenters. The molecule has 2 aromatic heterocycles. The molecule has 21 heavy (non-hydrogen) atoms. The van der Waals surface area contributed by atoms with Crippen LogP contribution in [-0.4, -0.2) is 43.2 Å². The second-order valence-corrected chi connectivity index (χ2v) is 4.85.